The highest BCUT2D eigenvalue weighted by atomic mass is 19.1. The van der Waals surface area contributed by atoms with Gasteiger partial charge in [0.2, 0.25) is 17.7 Å². The van der Waals surface area contributed by atoms with Crippen LogP contribution in [0, 0.1) is 18.7 Å². The van der Waals surface area contributed by atoms with Crippen LogP contribution >= 0.6 is 0 Å². The lowest BCUT2D eigenvalue weighted by Gasteiger charge is -2.27. The number of benzene rings is 1. The molecule has 0 spiro atoms. The number of fused-ring (bicyclic) bond motifs is 1. The topological polar surface area (TPSA) is 113 Å². The quantitative estimate of drug-likeness (QED) is 0.534. The van der Waals surface area contributed by atoms with Crippen molar-refractivity contribution in [2.75, 3.05) is 39.8 Å². The molecule has 10 heteroatoms. The van der Waals surface area contributed by atoms with Crippen molar-refractivity contribution < 1.29 is 23.5 Å². The Morgan fingerprint density at radius 1 is 1.05 bits per heavy atom. The van der Waals surface area contributed by atoms with Gasteiger partial charge in [0, 0.05) is 26.3 Å². The van der Waals surface area contributed by atoms with Crippen LogP contribution in [-0.4, -0.2) is 73.5 Å². The van der Waals surface area contributed by atoms with Crippen molar-refractivity contribution in [1.82, 2.24) is 25.8 Å². The Morgan fingerprint density at radius 3 is 2.46 bits per heavy atom. The molecule has 37 heavy (non-hydrogen) atoms. The first kappa shape index (κ1) is 29.7. The molecule has 1 atom stereocenters. The molecule has 0 radical (unpaired) electrons. The predicted molar refractivity (Wildman–Crippen MR) is 139 cm³/mol. The first-order valence-electron chi connectivity index (χ1n) is 12.5. The molecule has 0 saturated heterocycles. The van der Waals surface area contributed by atoms with Crippen molar-refractivity contribution in [3.05, 3.63) is 59.7 Å². The zero-order valence-corrected chi connectivity index (χ0v) is 22.1. The van der Waals surface area contributed by atoms with Gasteiger partial charge < -0.3 is 25.6 Å². The number of aryl methyl sites for hydroxylation is 2. The van der Waals surface area contributed by atoms with Crippen LogP contribution in [0.2, 0.25) is 0 Å². The van der Waals surface area contributed by atoms with Gasteiger partial charge in [0.05, 0.1) is 24.8 Å². The zero-order valence-electron chi connectivity index (χ0n) is 22.1. The van der Waals surface area contributed by atoms with Crippen LogP contribution in [0.3, 0.4) is 0 Å². The molecule has 1 unspecified atom stereocenters. The molecule has 0 bridgehead atoms. The molecule has 0 fully saturated rings. The Hall–Kier alpha value is -3.53. The fraction of sp³-hybridized carbons (Fsp3) is 0.481. The lowest BCUT2D eigenvalue weighted by Crippen LogP contribution is -2.51. The van der Waals surface area contributed by atoms with E-state index in [9.17, 15) is 18.8 Å². The Morgan fingerprint density at radius 2 is 1.78 bits per heavy atom. The molecular weight excluding hydrogens is 477 g/mol. The summed E-state index contributed by atoms with van der Waals surface area (Å²) >= 11 is 0. The summed E-state index contributed by atoms with van der Waals surface area (Å²) < 4.78 is 17.9. The van der Waals surface area contributed by atoms with Gasteiger partial charge in [-0.2, -0.15) is 0 Å². The molecule has 202 valence electrons. The molecule has 9 nitrogen and oxygen atoms in total. The molecule has 1 aliphatic heterocycles. The maximum atomic E-state index is 12.7. The summed E-state index contributed by atoms with van der Waals surface area (Å²) in [6.45, 7) is 6.94. The smallest absolute Gasteiger partial charge is 0.240 e. The fourth-order valence-corrected chi connectivity index (χ4v) is 3.57. The van der Waals surface area contributed by atoms with Crippen molar-refractivity contribution >= 4 is 17.7 Å². The number of hydrogen-bond donors (Lipinski definition) is 3. The monoisotopic (exact) mass is 515 g/mol. The second-order valence-corrected chi connectivity index (χ2v) is 9.19. The van der Waals surface area contributed by atoms with E-state index in [1.165, 1.54) is 17.0 Å². The van der Waals surface area contributed by atoms with Gasteiger partial charge >= 0.3 is 0 Å². The van der Waals surface area contributed by atoms with Gasteiger partial charge in [-0.25, -0.2) is 4.39 Å². The second-order valence-electron chi connectivity index (χ2n) is 9.19. The normalized spacial score (nSPS) is 18.3. The maximum Gasteiger partial charge on any atom is 0.240 e. The summed E-state index contributed by atoms with van der Waals surface area (Å²) in [5.41, 5.74) is 1.92. The zero-order chi connectivity index (χ0) is 27.2. The van der Waals surface area contributed by atoms with Crippen molar-refractivity contribution in [1.29, 1.82) is 0 Å². The lowest BCUT2D eigenvalue weighted by atomic mass is 10.0. The van der Waals surface area contributed by atoms with Crippen LogP contribution in [0.25, 0.3) is 0 Å². The Kier molecular flexibility index (Phi) is 12.5. The minimum absolute atomic E-state index is 0.0401. The number of carbonyl (C=O) groups is 3. The number of hydrogen-bond acceptors (Lipinski definition) is 6. The molecular formula is C27H38FN5O4. The number of likely N-dealkylation sites (N-methyl/N-ethyl adjacent to an activating group) is 1. The van der Waals surface area contributed by atoms with Gasteiger partial charge in [0.25, 0.3) is 0 Å². The minimum Gasteiger partial charge on any atom is -0.490 e. The van der Waals surface area contributed by atoms with E-state index in [-0.39, 0.29) is 42.5 Å². The second kappa shape index (κ2) is 15.6. The molecule has 3 amide bonds. The number of amides is 3. The number of carbonyl (C=O) groups excluding carboxylic acids is 3. The fourth-order valence-electron chi connectivity index (χ4n) is 3.57. The number of nitrogens with zero attached hydrogens (tertiary/aromatic N) is 2. The maximum absolute atomic E-state index is 12.7. The van der Waals surface area contributed by atoms with Crippen molar-refractivity contribution in [2.45, 2.75) is 39.7 Å². The highest BCUT2D eigenvalue weighted by Crippen LogP contribution is 2.16. The molecule has 2 heterocycles. The summed E-state index contributed by atoms with van der Waals surface area (Å²) in [4.78, 5) is 42.4. The molecule has 3 N–H and O–H groups in total. The van der Waals surface area contributed by atoms with E-state index in [2.05, 4.69) is 20.9 Å². The number of nitrogens with one attached hydrogen (secondary N) is 3. The van der Waals surface area contributed by atoms with E-state index in [0.29, 0.717) is 38.3 Å². The van der Waals surface area contributed by atoms with Crippen LogP contribution in [-0.2, 0) is 20.8 Å². The Balaban J connectivity index is 0.000000510. The van der Waals surface area contributed by atoms with Crippen LogP contribution in [0.5, 0.6) is 5.75 Å². The van der Waals surface area contributed by atoms with Gasteiger partial charge in [-0.15, -0.1) is 0 Å². The van der Waals surface area contributed by atoms with Gasteiger partial charge in [-0.3, -0.25) is 19.4 Å². The summed E-state index contributed by atoms with van der Waals surface area (Å²) in [5.74, 6) is -0.246. The Labute approximate surface area is 218 Å². The van der Waals surface area contributed by atoms with Crippen molar-refractivity contribution in [2.24, 2.45) is 5.92 Å². The molecule has 2 aromatic rings. The Bertz CT molecular complexity index is 995. The van der Waals surface area contributed by atoms with Gasteiger partial charge in [-0.05, 0) is 49.9 Å². The van der Waals surface area contributed by atoms with Crippen LogP contribution in [0.1, 0.15) is 31.5 Å². The lowest BCUT2D eigenvalue weighted by molar-refractivity contribution is -0.137. The number of ether oxygens (including phenoxy) is 1. The third-order valence-corrected chi connectivity index (χ3v) is 5.63. The van der Waals surface area contributed by atoms with E-state index in [1.54, 1.807) is 25.4 Å². The van der Waals surface area contributed by atoms with Crippen LogP contribution in [0.15, 0.2) is 42.6 Å². The molecule has 1 aliphatic rings. The molecule has 1 aromatic carbocycles. The SMILES string of the molecule is CC(C)C1NCCOc2cccnc2CCCNC(=O)CNC(=O)CN(C)C1=O.Cc1ccc(F)cc1. The van der Waals surface area contributed by atoms with Crippen molar-refractivity contribution in [3.63, 3.8) is 0 Å². The van der Waals surface area contributed by atoms with Crippen LogP contribution in [0.4, 0.5) is 4.39 Å². The van der Waals surface area contributed by atoms with Gasteiger partial charge in [0.15, 0.2) is 0 Å². The van der Waals surface area contributed by atoms with Gasteiger partial charge in [-0.1, -0.05) is 31.5 Å². The average molecular weight is 516 g/mol. The van der Waals surface area contributed by atoms with Crippen LogP contribution < -0.4 is 20.7 Å². The number of halogens is 1. The van der Waals surface area contributed by atoms with Gasteiger partial charge in [0.1, 0.15) is 18.2 Å². The number of rotatable bonds is 1. The number of pyridine rings is 1. The predicted octanol–water partition coefficient (Wildman–Crippen LogP) is 1.85. The summed E-state index contributed by atoms with van der Waals surface area (Å²) in [6, 6.07) is 9.65. The summed E-state index contributed by atoms with van der Waals surface area (Å²) in [6.07, 6.45) is 3.08. The standard InChI is InChI=1S/C20H31N5O4.C7H7F/c1-14(2)19-20(28)25(3)13-18(27)24-12-17(26)22-9-4-6-15-16(7-5-8-21-15)29-11-10-23-19;1-6-2-4-7(8)5-3-6/h5,7-8,14,19,23H,4,6,9-13H2,1-3H3,(H,22,26)(H,24,27);2-5H,1H3. The first-order chi connectivity index (χ1) is 17.7. The molecule has 0 aliphatic carbocycles. The highest BCUT2D eigenvalue weighted by molar-refractivity contribution is 5.89. The average Bonchev–Trinajstić information content (AvgIpc) is 2.87. The summed E-state index contributed by atoms with van der Waals surface area (Å²) in [5, 5.41) is 8.54. The molecule has 0 saturated carbocycles. The van der Waals surface area contributed by atoms with E-state index in [4.69, 9.17) is 4.74 Å². The van der Waals surface area contributed by atoms with E-state index < -0.39 is 6.04 Å². The number of aromatic nitrogens is 1. The molecule has 1 aromatic heterocycles. The van der Waals surface area contributed by atoms with E-state index in [1.807, 2.05) is 32.9 Å². The first-order valence-corrected chi connectivity index (χ1v) is 12.5. The third-order valence-electron chi connectivity index (χ3n) is 5.63. The highest BCUT2D eigenvalue weighted by Gasteiger charge is 2.26. The van der Waals surface area contributed by atoms with Crippen molar-refractivity contribution in [3.8, 4) is 5.75 Å². The minimum atomic E-state index is -0.438. The van der Waals surface area contributed by atoms with E-state index >= 15 is 0 Å². The summed E-state index contributed by atoms with van der Waals surface area (Å²) in [7, 11) is 1.58. The molecule has 3 rings (SSSR count). The van der Waals surface area contributed by atoms with E-state index in [0.717, 1.165) is 11.3 Å². The largest absolute Gasteiger partial charge is 0.490 e. The third kappa shape index (κ3) is 10.9.